The van der Waals surface area contributed by atoms with Crippen molar-refractivity contribution < 1.29 is 9.53 Å². The molecular formula is C16H14ClN5O2. The summed E-state index contributed by atoms with van der Waals surface area (Å²) < 4.78 is 7.00. The summed E-state index contributed by atoms with van der Waals surface area (Å²) in [4.78, 5) is 14.2. The van der Waals surface area contributed by atoms with E-state index in [0.29, 0.717) is 24.6 Å². The number of ether oxygens (including phenoxy) is 1. The average Bonchev–Trinajstić information content (AvgIpc) is 3.07. The highest BCUT2D eigenvalue weighted by Crippen LogP contribution is 2.25. The lowest BCUT2D eigenvalue weighted by Crippen LogP contribution is -2.39. The Hall–Kier alpha value is -2.67. The first-order valence-corrected chi connectivity index (χ1v) is 7.92. The number of amides is 1. The molecule has 4 rings (SSSR count). The highest BCUT2D eigenvalue weighted by molar-refractivity contribution is 6.31. The minimum atomic E-state index is -0.0775. The summed E-state index contributed by atoms with van der Waals surface area (Å²) >= 11 is 6.20. The molecule has 0 aliphatic carbocycles. The van der Waals surface area contributed by atoms with Gasteiger partial charge in [-0.3, -0.25) is 4.79 Å². The van der Waals surface area contributed by atoms with Gasteiger partial charge in [-0.25, -0.2) is 0 Å². The van der Waals surface area contributed by atoms with Crippen LogP contribution in [0, 0.1) is 0 Å². The molecule has 7 nitrogen and oxygen atoms in total. The van der Waals surface area contributed by atoms with Crippen molar-refractivity contribution in [1.29, 1.82) is 0 Å². The Morgan fingerprint density at radius 1 is 1.29 bits per heavy atom. The van der Waals surface area contributed by atoms with E-state index < -0.39 is 0 Å². The molecule has 2 aromatic heterocycles. The molecule has 0 spiro atoms. The van der Waals surface area contributed by atoms with Crippen molar-refractivity contribution >= 4 is 23.2 Å². The Morgan fingerprint density at radius 2 is 2.21 bits per heavy atom. The quantitative estimate of drug-likeness (QED) is 0.724. The molecule has 24 heavy (non-hydrogen) atoms. The molecule has 8 heteroatoms. The van der Waals surface area contributed by atoms with Crippen LogP contribution in [0.3, 0.4) is 0 Å². The summed E-state index contributed by atoms with van der Waals surface area (Å²) in [5.41, 5.74) is 2.84. The van der Waals surface area contributed by atoms with E-state index in [1.807, 2.05) is 18.2 Å². The molecule has 1 aliphatic rings. The van der Waals surface area contributed by atoms with Crippen LogP contribution in [0.15, 0.2) is 36.7 Å². The Morgan fingerprint density at radius 3 is 3.12 bits per heavy atom. The molecule has 0 saturated carbocycles. The molecule has 0 saturated heterocycles. The standard InChI is InChI=1S/C16H14ClN5O2/c17-13-3-1-2-11-8-21(7-6-12(11)13)16(23)9-24-15-5-4-14-19-18-10-22(14)20-15/h1-5,10H,6-9H2. The minimum Gasteiger partial charge on any atom is -0.467 e. The predicted octanol–water partition coefficient (Wildman–Crippen LogP) is 1.74. The number of benzene rings is 1. The summed E-state index contributed by atoms with van der Waals surface area (Å²) in [7, 11) is 0. The average molecular weight is 344 g/mol. The molecule has 1 amide bonds. The van der Waals surface area contributed by atoms with Gasteiger partial charge in [0, 0.05) is 24.2 Å². The summed E-state index contributed by atoms with van der Waals surface area (Å²) in [6, 6.07) is 9.20. The molecule has 0 unspecified atom stereocenters. The van der Waals surface area contributed by atoms with Gasteiger partial charge in [0.25, 0.3) is 5.91 Å². The highest BCUT2D eigenvalue weighted by atomic mass is 35.5. The third-order valence-corrected chi connectivity index (χ3v) is 4.40. The van der Waals surface area contributed by atoms with E-state index in [1.165, 1.54) is 10.8 Å². The van der Waals surface area contributed by atoms with Crippen molar-refractivity contribution in [3.8, 4) is 5.88 Å². The van der Waals surface area contributed by atoms with Crippen molar-refractivity contribution in [2.75, 3.05) is 13.2 Å². The van der Waals surface area contributed by atoms with Gasteiger partial charge in [-0.2, -0.15) is 4.52 Å². The molecule has 3 aromatic rings. The van der Waals surface area contributed by atoms with Crippen molar-refractivity contribution in [3.63, 3.8) is 0 Å². The van der Waals surface area contributed by atoms with Crippen molar-refractivity contribution in [1.82, 2.24) is 24.7 Å². The molecule has 0 bridgehead atoms. The maximum Gasteiger partial charge on any atom is 0.260 e. The van der Waals surface area contributed by atoms with E-state index in [4.69, 9.17) is 16.3 Å². The van der Waals surface area contributed by atoms with E-state index in [0.717, 1.165) is 22.6 Å². The van der Waals surface area contributed by atoms with E-state index in [9.17, 15) is 4.79 Å². The number of halogens is 1. The zero-order valence-corrected chi connectivity index (χ0v) is 13.5. The van der Waals surface area contributed by atoms with Crippen molar-refractivity contribution in [2.24, 2.45) is 0 Å². The fourth-order valence-electron chi connectivity index (χ4n) is 2.79. The second kappa shape index (κ2) is 6.09. The summed E-state index contributed by atoms with van der Waals surface area (Å²) in [5, 5.41) is 12.6. The van der Waals surface area contributed by atoms with Gasteiger partial charge < -0.3 is 9.64 Å². The number of hydrogen-bond acceptors (Lipinski definition) is 5. The van der Waals surface area contributed by atoms with E-state index in [-0.39, 0.29) is 12.5 Å². The van der Waals surface area contributed by atoms with Crippen LogP contribution in [0.4, 0.5) is 0 Å². The first-order valence-electron chi connectivity index (χ1n) is 7.54. The van der Waals surface area contributed by atoms with Gasteiger partial charge in [-0.1, -0.05) is 23.7 Å². The fraction of sp³-hybridized carbons (Fsp3) is 0.250. The lowest BCUT2D eigenvalue weighted by atomic mass is 10.00. The van der Waals surface area contributed by atoms with E-state index >= 15 is 0 Å². The number of hydrogen-bond donors (Lipinski definition) is 0. The maximum absolute atomic E-state index is 12.4. The van der Waals surface area contributed by atoms with Crippen molar-refractivity contribution in [3.05, 3.63) is 52.8 Å². The fourth-order valence-corrected chi connectivity index (χ4v) is 3.08. The van der Waals surface area contributed by atoms with Gasteiger partial charge in [0.05, 0.1) is 0 Å². The Labute approximate surface area is 142 Å². The molecule has 1 aromatic carbocycles. The third kappa shape index (κ3) is 2.78. The van der Waals surface area contributed by atoms with Crippen LogP contribution in [0.25, 0.3) is 5.65 Å². The number of aromatic nitrogens is 4. The van der Waals surface area contributed by atoms with Crippen molar-refractivity contribution in [2.45, 2.75) is 13.0 Å². The second-order valence-corrected chi connectivity index (χ2v) is 5.94. The number of carbonyl (C=O) groups excluding carboxylic acids is 1. The number of rotatable bonds is 3. The van der Waals surface area contributed by atoms with Crippen LogP contribution in [0.5, 0.6) is 5.88 Å². The number of carbonyl (C=O) groups is 1. The zero-order chi connectivity index (χ0) is 16.5. The molecule has 0 fully saturated rings. The maximum atomic E-state index is 12.4. The second-order valence-electron chi connectivity index (χ2n) is 5.54. The van der Waals surface area contributed by atoms with Gasteiger partial charge in [-0.15, -0.1) is 15.3 Å². The normalized spacial score (nSPS) is 13.8. The Balaban J connectivity index is 1.41. The topological polar surface area (TPSA) is 72.6 Å². The molecule has 0 atom stereocenters. The highest BCUT2D eigenvalue weighted by Gasteiger charge is 2.22. The van der Waals surface area contributed by atoms with Crippen LogP contribution < -0.4 is 4.74 Å². The Kier molecular flexibility index (Phi) is 3.78. The molecular weight excluding hydrogens is 330 g/mol. The van der Waals surface area contributed by atoms with Crippen LogP contribution >= 0.6 is 11.6 Å². The monoisotopic (exact) mass is 343 g/mol. The minimum absolute atomic E-state index is 0.0590. The molecule has 1 aliphatic heterocycles. The summed E-state index contributed by atoms with van der Waals surface area (Å²) in [6.07, 6.45) is 2.24. The van der Waals surface area contributed by atoms with Gasteiger partial charge in [-0.05, 0) is 29.7 Å². The zero-order valence-electron chi connectivity index (χ0n) is 12.7. The van der Waals surface area contributed by atoms with E-state index in [1.54, 1.807) is 17.0 Å². The molecule has 3 heterocycles. The molecule has 122 valence electrons. The SMILES string of the molecule is O=C(COc1ccc2nncn2n1)N1CCc2c(Cl)cccc2C1. The van der Waals surface area contributed by atoms with Gasteiger partial charge in [0.2, 0.25) is 5.88 Å². The lowest BCUT2D eigenvalue weighted by Gasteiger charge is -2.29. The molecule has 0 radical (unpaired) electrons. The van der Waals surface area contributed by atoms with Crippen LogP contribution in [0.1, 0.15) is 11.1 Å². The van der Waals surface area contributed by atoms with Gasteiger partial charge >= 0.3 is 0 Å². The van der Waals surface area contributed by atoms with E-state index in [2.05, 4.69) is 15.3 Å². The molecule has 0 N–H and O–H groups in total. The van der Waals surface area contributed by atoms with Crippen LogP contribution in [-0.4, -0.2) is 43.8 Å². The van der Waals surface area contributed by atoms with Gasteiger partial charge in [0.15, 0.2) is 12.3 Å². The first-order chi connectivity index (χ1) is 11.7. The smallest absolute Gasteiger partial charge is 0.260 e. The Bertz CT molecular complexity index is 910. The predicted molar refractivity (Wildman–Crippen MR) is 86.9 cm³/mol. The number of nitrogens with zero attached hydrogens (tertiary/aromatic N) is 5. The lowest BCUT2D eigenvalue weighted by molar-refractivity contribution is -0.134. The number of fused-ring (bicyclic) bond motifs is 2. The largest absolute Gasteiger partial charge is 0.467 e. The van der Waals surface area contributed by atoms with Crippen LogP contribution in [0.2, 0.25) is 5.02 Å². The van der Waals surface area contributed by atoms with Gasteiger partial charge in [0.1, 0.15) is 6.33 Å². The summed E-state index contributed by atoms with van der Waals surface area (Å²) in [6.45, 7) is 1.13. The summed E-state index contributed by atoms with van der Waals surface area (Å²) in [5.74, 6) is 0.280. The van der Waals surface area contributed by atoms with Crippen LogP contribution in [-0.2, 0) is 17.8 Å². The third-order valence-electron chi connectivity index (χ3n) is 4.04. The first kappa shape index (κ1) is 14.9.